The summed E-state index contributed by atoms with van der Waals surface area (Å²) in [4.78, 5) is 3.90. The minimum atomic E-state index is -3.79. The van der Waals surface area contributed by atoms with Crippen LogP contribution in [0.3, 0.4) is 0 Å². The standard InChI is InChI=1S/C10H10ClN5O2S/c11-16(10(12)13)9-5-15-4-6-3-7(19(14,17)18)1-2-8(6)9/h1-5H,(H3,12,13)(H2,14,17,18). The first-order valence-electron chi connectivity index (χ1n) is 5.01. The Balaban J connectivity index is 2.69. The van der Waals surface area contributed by atoms with Crippen LogP contribution in [0.2, 0.25) is 0 Å². The summed E-state index contributed by atoms with van der Waals surface area (Å²) in [5, 5.41) is 13.5. The predicted molar refractivity (Wildman–Crippen MR) is 73.4 cm³/mol. The Morgan fingerprint density at radius 2 is 2.05 bits per heavy atom. The van der Waals surface area contributed by atoms with Gasteiger partial charge in [-0.25, -0.2) is 18.0 Å². The van der Waals surface area contributed by atoms with Gasteiger partial charge in [0.2, 0.25) is 16.0 Å². The number of benzene rings is 1. The average molecular weight is 300 g/mol. The Kier molecular flexibility index (Phi) is 3.31. The number of hydrogen-bond acceptors (Lipinski definition) is 4. The van der Waals surface area contributed by atoms with E-state index in [0.29, 0.717) is 16.5 Å². The molecule has 2 aromatic rings. The van der Waals surface area contributed by atoms with E-state index in [-0.39, 0.29) is 10.9 Å². The number of nitrogens with one attached hydrogen (secondary N) is 1. The molecule has 0 bridgehead atoms. The number of hydrogen-bond donors (Lipinski definition) is 3. The fraction of sp³-hybridized carbons (Fsp3) is 0. The number of aromatic nitrogens is 1. The van der Waals surface area contributed by atoms with Crippen molar-refractivity contribution in [3.63, 3.8) is 0 Å². The van der Waals surface area contributed by atoms with E-state index in [0.717, 1.165) is 4.42 Å². The molecule has 19 heavy (non-hydrogen) atoms. The van der Waals surface area contributed by atoms with Crippen LogP contribution >= 0.6 is 11.8 Å². The largest absolute Gasteiger partial charge is 0.369 e. The molecule has 7 nitrogen and oxygen atoms in total. The van der Waals surface area contributed by atoms with E-state index in [4.69, 9.17) is 28.1 Å². The maximum absolute atomic E-state index is 11.3. The minimum Gasteiger partial charge on any atom is -0.369 e. The fourth-order valence-corrected chi connectivity index (χ4v) is 2.29. The molecule has 0 saturated heterocycles. The van der Waals surface area contributed by atoms with Gasteiger partial charge < -0.3 is 5.73 Å². The molecule has 1 aromatic carbocycles. The molecular formula is C10H10ClN5O2S. The summed E-state index contributed by atoms with van der Waals surface area (Å²) in [5.41, 5.74) is 5.67. The quantitative estimate of drug-likeness (QED) is 0.428. The van der Waals surface area contributed by atoms with E-state index in [2.05, 4.69) is 4.98 Å². The lowest BCUT2D eigenvalue weighted by molar-refractivity contribution is 0.598. The molecule has 0 aliphatic heterocycles. The molecule has 100 valence electrons. The van der Waals surface area contributed by atoms with E-state index in [9.17, 15) is 8.42 Å². The molecule has 0 radical (unpaired) electrons. The zero-order valence-electron chi connectivity index (χ0n) is 9.54. The monoisotopic (exact) mass is 299 g/mol. The summed E-state index contributed by atoms with van der Waals surface area (Å²) >= 11 is 5.85. The number of nitrogens with two attached hydrogens (primary N) is 2. The van der Waals surface area contributed by atoms with Crippen LogP contribution in [0.1, 0.15) is 0 Å². The maximum Gasteiger partial charge on any atom is 0.238 e. The fourth-order valence-electron chi connectivity index (χ4n) is 1.60. The summed E-state index contributed by atoms with van der Waals surface area (Å²) in [7, 11) is -3.79. The topological polar surface area (TPSA) is 126 Å². The minimum absolute atomic E-state index is 0.0251. The third kappa shape index (κ3) is 2.60. The highest BCUT2D eigenvalue weighted by atomic mass is 35.5. The number of primary sulfonamides is 1. The van der Waals surface area contributed by atoms with Gasteiger partial charge in [-0.15, -0.1) is 0 Å². The lowest BCUT2D eigenvalue weighted by atomic mass is 10.1. The number of pyridine rings is 1. The number of anilines is 1. The first-order valence-corrected chi connectivity index (χ1v) is 6.89. The molecule has 0 fully saturated rings. The van der Waals surface area contributed by atoms with Crippen molar-refractivity contribution in [3.8, 4) is 0 Å². The van der Waals surface area contributed by atoms with Crippen molar-refractivity contribution in [2.24, 2.45) is 10.9 Å². The smallest absolute Gasteiger partial charge is 0.238 e. The molecule has 9 heteroatoms. The number of rotatable bonds is 2. The maximum atomic E-state index is 11.3. The molecule has 5 N–H and O–H groups in total. The number of fused-ring (bicyclic) bond motifs is 1. The van der Waals surface area contributed by atoms with Gasteiger partial charge in [-0.1, -0.05) is 6.07 Å². The second-order valence-electron chi connectivity index (χ2n) is 3.75. The van der Waals surface area contributed by atoms with E-state index in [1.807, 2.05) is 0 Å². The van der Waals surface area contributed by atoms with E-state index < -0.39 is 10.0 Å². The zero-order chi connectivity index (χ0) is 14.2. The van der Waals surface area contributed by atoms with Gasteiger partial charge in [-0.2, -0.15) is 0 Å². The van der Waals surface area contributed by atoms with Crippen LogP contribution in [0.25, 0.3) is 10.8 Å². The molecule has 0 aliphatic carbocycles. The SMILES string of the molecule is N=C(N)N(Cl)c1cncc2cc(S(N)(=O)=O)ccc12. The van der Waals surface area contributed by atoms with Gasteiger partial charge in [0.1, 0.15) is 0 Å². The summed E-state index contributed by atoms with van der Waals surface area (Å²) in [5.74, 6) is -0.369. The molecule has 0 saturated carbocycles. The molecule has 0 unspecified atom stereocenters. The van der Waals surface area contributed by atoms with Gasteiger partial charge in [-0.3, -0.25) is 10.4 Å². The number of halogens is 1. The Morgan fingerprint density at radius 1 is 1.37 bits per heavy atom. The van der Waals surface area contributed by atoms with Crippen molar-refractivity contribution in [2.45, 2.75) is 4.90 Å². The van der Waals surface area contributed by atoms with Gasteiger partial charge >= 0.3 is 0 Å². The van der Waals surface area contributed by atoms with Crippen LogP contribution in [-0.4, -0.2) is 19.4 Å². The molecule has 0 amide bonds. The number of guanidine groups is 1. The predicted octanol–water partition coefficient (Wildman–Crippen LogP) is 0.736. The average Bonchev–Trinajstić information content (AvgIpc) is 2.35. The number of sulfonamides is 1. The highest BCUT2D eigenvalue weighted by molar-refractivity contribution is 7.89. The summed E-state index contributed by atoms with van der Waals surface area (Å²) < 4.78 is 23.5. The van der Waals surface area contributed by atoms with Gasteiger partial charge in [-0.05, 0) is 12.1 Å². The normalized spacial score (nSPS) is 11.5. The van der Waals surface area contributed by atoms with Crippen LogP contribution in [-0.2, 0) is 10.0 Å². The Labute approximate surface area is 114 Å². The van der Waals surface area contributed by atoms with Gasteiger partial charge in [0, 0.05) is 28.7 Å². The third-order valence-electron chi connectivity index (χ3n) is 2.46. The van der Waals surface area contributed by atoms with Crippen LogP contribution in [0.5, 0.6) is 0 Å². The Morgan fingerprint density at radius 3 is 2.63 bits per heavy atom. The molecule has 2 rings (SSSR count). The second-order valence-corrected chi connectivity index (χ2v) is 5.65. The Bertz CT molecular complexity index is 762. The molecule has 1 heterocycles. The van der Waals surface area contributed by atoms with E-state index in [1.165, 1.54) is 30.6 Å². The first-order chi connectivity index (χ1) is 8.80. The summed E-state index contributed by atoms with van der Waals surface area (Å²) in [6.45, 7) is 0. The van der Waals surface area contributed by atoms with Crippen LogP contribution in [0.4, 0.5) is 5.69 Å². The summed E-state index contributed by atoms with van der Waals surface area (Å²) in [6, 6.07) is 4.27. The second kappa shape index (κ2) is 4.65. The van der Waals surface area contributed by atoms with E-state index in [1.54, 1.807) is 0 Å². The zero-order valence-corrected chi connectivity index (χ0v) is 11.1. The first kappa shape index (κ1) is 13.5. The highest BCUT2D eigenvalue weighted by Crippen LogP contribution is 2.28. The van der Waals surface area contributed by atoms with Crippen molar-refractivity contribution < 1.29 is 8.42 Å². The van der Waals surface area contributed by atoms with Crippen molar-refractivity contribution in [3.05, 3.63) is 30.6 Å². The van der Waals surface area contributed by atoms with Crippen LogP contribution in [0.15, 0.2) is 35.5 Å². The van der Waals surface area contributed by atoms with Crippen molar-refractivity contribution in [1.82, 2.24) is 4.98 Å². The van der Waals surface area contributed by atoms with Crippen LogP contribution in [0, 0.1) is 5.41 Å². The molecule has 1 aromatic heterocycles. The molecule has 0 spiro atoms. The third-order valence-corrected chi connectivity index (χ3v) is 3.74. The van der Waals surface area contributed by atoms with Gasteiger partial charge in [0.25, 0.3) is 0 Å². The van der Waals surface area contributed by atoms with Crippen molar-refractivity contribution in [1.29, 1.82) is 5.41 Å². The summed E-state index contributed by atoms with van der Waals surface area (Å²) in [6.07, 6.45) is 2.89. The molecular weight excluding hydrogens is 290 g/mol. The van der Waals surface area contributed by atoms with Crippen molar-refractivity contribution >= 4 is 44.2 Å². The van der Waals surface area contributed by atoms with Crippen molar-refractivity contribution in [2.75, 3.05) is 4.42 Å². The Hall–Kier alpha value is -1.90. The van der Waals surface area contributed by atoms with Gasteiger partial charge in [0.15, 0.2) is 0 Å². The molecule has 0 atom stereocenters. The lowest BCUT2D eigenvalue weighted by Gasteiger charge is -2.15. The van der Waals surface area contributed by atoms with Gasteiger partial charge in [0.05, 0.1) is 16.8 Å². The lowest BCUT2D eigenvalue weighted by Crippen LogP contribution is -2.28. The van der Waals surface area contributed by atoms with Crippen LogP contribution < -0.4 is 15.3 Å². The van der Waals surface area contributed by atoms with E-state index >= 15 is 0 Å². The highest BCUT2D eigenvalue weighted by Gasteiger charge is 2.14. The number of nitrogens with zero attached hydrogens (tertiary/aromatic N) is 2. The molecule has 0 aliphatic rings.